The van der Waals surface area contributed by atoms with E-state index >= 15 is 0 Å². The van der Waals surface area contributed by atoms with Crippen molar-refractivity contribution in [1.29, 1.82) is 0 Å². The van der Waals surface area contributed by atoms with Crippen molar-refractivity contribution in [3.63, 3.8) is 0 Å². The van der Waals surface area contributed by atoms with Crippen molar-refractivity contribution in [2.24, 2.45) is 0 Å². The van der Waals surface area contributed by atoms with E-state index in [4.69, 9.17) is 9.47 Å². The van der Waals surface area contributed by atoms with Crippen LogP contribution in [-0.4, -0.2) is 36.4 Å². The largest absolute Gasteiger partial charge is 0.462 e. The van der Waals surface area contributed by atoms with E-state index in [1.807, 2.05) is 12.2 Å². The average molecular weight is 1010 g/mol. The third kappa shape index (κ3) is 59.9. The third-order valence-corrected chi connectivity index (χ3v) is 14.0. The minimum atomic E-state index is -0.815. The monoisotopic (exact) mass is 1000 g/mol. The van der Waals surface area contributed by atoms with Crippen molar-refractivity contribution in [2.45, 2.75) is 328 Å². The molecule has 0 bridgehead atoms. The van der Waals surface area contributed by atoms with Gasteiger partial charge < -0.3 is 14.6 Å². The molecule has 0 aliphatic carbocycles. The first-order chi connectivity index (χ1) is 35.6. The summed E-state index contributed by atoms with van der Waals surface area (Å²) in [7, 11) is 0. The maximum absolute atomic E-state index is 12.2. The molecule has 1 unspecified atom stereocenters. The lowest BCUT2D eigenvalue weighted by atomic mass is 10.0. The molecule has 1 N–H and O–H groups in total. The van der Waals surface area contributed by atoms with E-state index in [1.54, 1.807) is 0 Å². The lowest BCUT2D eigenvalue weighted by molar-refractivity contribution is -0.161. The highest BCUT2D eigenvalue weighted by Crippen LogP contribution is 2.18. The van der Waals surface area contributed by atoms with Gasteiger partial charge in [0.2, 0.25) is 0 Å². The van der Waals surface area contributed by atoms with Crippen molar-refractivity contribution in [3.8, 4) is 0 Å². The maximum atomic E-state index is 12.2. The van der Waals surface area contributed by atoms with Crippen LogP contribution in [0.25, 0.3) is 0 Å². The van der Waals surface area contributed by atoms with Crippen LogP contribution in [0.3, 0.4) is 0 Å². The van der Waals surface area contributed by atoms with Crippen LogP contribution in [0, 0.1) is 0 Å². The molecule has 0 saturated carbocycles. The van der Waals surface area contributed by atoms with Crippen LogP contribution in [0.15, 0.2) is 72.9 Å². The summed E-state index contributed by atoms with van der Waals surface area (Å²) < 4.78 is 10.6. The second kappa shape index (κ2) is 62.6. The topological polar surface area (TPSA) is 72.8 Å². The molecule has 0 saturated heterocycles. The van der Waals surface area contributed by atoms with Crippen molar-refractivity contribution in [1.82, 2.24) is 0 Å². The SMILES string of the molecule is CC/C=C\C/C=C\C/C=C\C/C=C\C/C=C\C/C=C\CCC(=O)OC(CO)COC(=O)CCCCCCCCCCCCCCCCCCCCCCCCCCCCCCCCCCCCCCCCC. The first kappa shape index (κ1) is 69.3. The van der Waals surface area contributed by atoms with E-state index in [1.165, 1.54) is 231 Å². The van der Waals surface area contributed by atoms with Crippen LogP contribution in [0.2, 0.25) is 0 Å². The minimum absolute atomic E-state index is 0.0965. The Morgan fingerprint density at radius 1 is 0.333 bits per heavy atom. The zero-order chi connectivity index (χ0) is 52.0. The normalized spacial score (nSPS) is 12.7. The van der Waals surface area contributed by atoms with E-state index in [0.717, 1.165) is 57.8 Å². The van der Waals surface area contributed by atoms with Crippen molar-refractivity contribution in [3.05, 3.63) is 72.9 Å². The number of hydrogen-bond acceptors (Lipinski definition) is 5. The molecule has 0 spiro atoms. The highest BCUT2D eigenvalue weighted by atomic mass is 16.6. The Hall–Kier alpha value is -2.66. The van der Waals surface area contributed by atoms with Gasteiger partial charge in [-0.05, 0) is 51.4 Å². The van der Waals surface area contributed by atoms with Crippen molar-refractivity contribution < 1.29 is 24.2 Å². The molecule has 0 aliphatic heterocycles. The molecule has 0 rings (SSSR count). The van der Waals surface area contributed by atoms with Crippen LogP contribution >= 0.6 is 0 Å². The standard InChI is InChI=1S/C67H120O5/c1-3-5-7-9-11-13-15-17-19-21-23-24-25-26-27-28-29-30-31-32-33-34-35-36-37-38-39-40-41-42-44-45-47-49-51-53-55-57-59-61-66(69)71-64-65(63-68)72-67(70)62-60-58-56-54-52-50-48-46-43-22-20-18-16-14-12-10-8-6-4-2/h6,8,12,14,18,20,43,46,50,52,56,58,65,68H,3-5,7,9-11,13,15-17,19,21-42,44-45,47-49,51,53-55,57,59-64H2,1-2H3/b8-6-,14-12-,20-18-,46-43-,52-50-,58-56-. The van der Waals surface area contributed by atoms with Gasteiger partial charge in [-0.25, -0.2) is 0 Å². The van der Waals surface area contributed by atoms with Crippen LogP contribution in [0.4, 0.5) is 0 Å². The first-order valence-electron chi connectivity index (χ1n) is 31.5. The van der Waals surface area contributed by atoms with Gasteiger partial charge >= 0.3 is 11.9 Å². The second-order valence-corrected chi connectivity index (χ2v) is 21.1. The third-order valence-electron chi connectivity index (χ3n) is 14.0. The second-order valence-electron chi connectivity index (χ2n) is 21.1. The number of hydrogen-bond donors (Lipinski definition) is 1. The van der Waals surface area contributed by atoms with E-state index < -0.39 is 12.1 Å². The summed E-state index contributed by atoms with van der Waals surface area (Å²) in [5, 5.41) is 9.63. The number of allylic oxidation sites excluding steroid dienone is 12. The molecule has 5 nitrogen and oxygen atoms in total. The van der Waals surface area contributed by atoms with Gasteiger partial charge in [0.15, 0.2) is 6.10 Å². The molecule has 5 heteroatoms. The molecule has 0 aromatic carbocycles. The van der Waals surface area contributed by atoms with E-state index in [-0.39, 0.29) is 25.6 Å². The Bertz CT molecular complexity index is 1270. The van der Waals surface area contributed by atoms with Crippen LogP contribution in [-0.2, 0) is 19.1 Å². The van der Waals surface area contributed by atoms with Gasteiger partial charge in [0.1, 0.15) is 6.61 Å². The van der Waals surface area contributed by atoms with E-state index in [0.29, 0.717) is 12.8 Å². The Kier molecular flexibility index (Phi) is 60.3. The lowest BCUT2D eigenvalue weighted by Gasteiger charge is -2.15. The van der Waals surface area contributed by atoms with Crippen molar-refractivity contribution >= 4 is 11.9 Å². The minimum Gasteiger partial charge on any atom is -0.462 e. The Morgan fingerprint density at radius 2 is 0.597 bits per heavy atom. The summed E-state index contributed by atoms with van der Waals surface area (Å²) in [5.41, 5.74) is 0. The predicted molar refractivity (Wildman–Crippen MR) is 316 cm³/mol. The summed E-state index contributed by atoms with van der Waals surface area (Å²) in [6.07, 6.45) is 86.6. The highest BCUT2D eigenvalue weighted by molar-refractivity contribution is 5.70. The van der Waals surface area contributed by atoms with Crippen LogP contribution in [0.5, 0.6) is 0 Å². The number of carbonyl (C=O) groups is 2. The Labute approximate surface area is 448 Å². The molecule has 1 atom stereocenters. The van der Waals surface area contributed by atoms with Gasteiger partial charge in [0.25, 0.3) is 0 Å². The Balaban J connectivity index is 3.42. The molecule has 0 aromatic rings. The number of carbonyl (C=O) groups excluding carboxylic acids is 2. The van der Waals surface area contributed by atoms with Crippen LogP contribution < -0.4 is 0 Å². The molecule has 72 heavy (non-hydrogen) atoms. The first-order valence-corrected chi connectivity index (χ1v) is 31.5. The maximum Gasteiger partial charge on any atom is 0.306 e. The van der Waals surface area contributed by atoms with Gasteiger partial charge in [-0.3, -0.25) is 9.59 Å². The van der Waals surface area contributed by atoms with Gasteiger partial charge in [-0.2, -0.15) is 0 Å². The van der Waals surface area contributed by atoms with Gasteiger partial charge in [-0.1, -0.05) is 331 Å². The average Bonchev–Trinajstić information content (AvgIpc) is 3.38. The smallest absolute Gasteiger partial charge is 0.306 e. The van der Waals surface area contributed by atoms with Crippen molar-refractivity contribution in [2.75, 3.05) is 13.2 Å². The van der Waals surface area contributed by atoms with E-state index in [2.05, 4.69) is 74.6 Å². The summed E-state index contributed by atoms with van der Waals surface area (Å²) in [6, 6.07) is 0. The molecule has 0 fully saturated rings. The molecule has 0 aromatic heterocycles. The molecule has 0 aliphatic rings. The van der Waals surface area contributed by atoms with Gasteiger partial charge in [0.05, 0.1) is 6.61 Å². The van der Waals surface area contributed by atoms with E-state index in [9.17, 15) is 14.7 Å². The molecular formula is C67H120O5. The zero-order valence-corrected chi connectivity index (χ0v) is 47.9. The number of ether oxygens (including phenoxy) is 2. The molecule has 0 radical (unpaired) electrons. The van der Waals surface area contributed by atoms with Gasteiger partial charge in [-0.15, -0.1) is 0 Å². The zero-order valence-electron chi connectivity index (χ0n) is 47.9. The fourth-order valence-corrected chi connectivity index (χ4v) is 9.35. The number of esters is 2. The highest BCUT2D eigenvalue weighted by Gasteiger charge is 2.16. The summed E-state index contributed by atoms with van der Waals surface area (Å²) in [5.74, 6) is -0.680. The van der Waals surface area contributed by atoms with Crippen LogP contribution in [0.1, 0.15) is 322 Å². The summed E-state index contributed by atoms with van der Waals surface area (Å²) in [4.78, 5) is 24.5. The quantitative estimate of drug-likeness (QED) is 0.0373. The fraction of sp³-hybridized carbons (Fsp3) is 0.791. The van der Waals surface area contributed by atoms with Gasteiger partial charge in [0, 0.05) is 12.8 Å². The summed E-state index contributed by atoms with van der Waals surface area (Å²) >= 11 is 0. The molecular weight excluding hydrogens is 885 g/mol. The Morgan fingerprint density at radius 3 is 0.875 bits per heavy atom. The lowest BCUT2D eigenvalue weighted by Crippen LogP contribution is -2.28. The number of aliphatic hydroxyl groups is 1. The fourth-order valence-electron chi connectivity index (χ4n) is 9.35. The molecule has 418 valence electrons. The number of rotatable bonds is 58. The summed E-state index contributed by atoms with van der Waals surface area (Å²) in [6.45, 7) is 4.00. The number of aliphatic hydroxyl groups excluding tert-OH is 1. The number of unbranched alkanes of at least 4 members (excludes halogenated alkanes) is 38. The molecule has 0 amide bonds. The molecule has 0 heterocycles. The predicted octanol–water partition coefficient (Wildman–Crippen LogP) is 21.5.